The van der Waals surface area contributed by atoms with Gasteiger partial charge in [-0.15, -0.1) is 0 Å². The van der Waals surface area contributed by atoms with Crippen LogP contribution >= 0.6 is 0 Å². The van der Waals surface area contributed by atoms with E-state index in [9.17, 15) is 9.59 Å². The summed E-state index contributed by atoms with van der Waals surface area (Å²) in [6, 6.07) is 28.7. The van der Waals surface area contributed by atoms with Crippen LogP contribution in [0.4, 0.5) is 0 Å². The summed E-state index contributed by atoms with van der Waals surface area (Å²) in [5.41, 5.74) is 8.90. The third kappa shape index (κ3) is 8.34. The molecule has 2 amide bonds. The van der Waals surface area contributed by atoms with Gasteiger partial charge in [-0.25, -0.2) is 10.9 Å². The van der Waals surface area contributed by atoms with Gasteiger partial charge in [0.15, 0.2) is 0 Å². The maximum absolute atomic E-state index is 12.2. The molecule has 6 heteroatoms. The highest BCUT2D eigenvalue weighted by Crippen LogP contribution is 2.17. The molecule has 0 aromatic heterocycles. The topological polar surface area (TPSA) is 82.9 Å². The number of hydrogen-bond donors (Lipinski definition) is 2. The first kappa shape index (κ1) is 27.7. The fraction of sp³-hybridized carbons (Fsp3) is 0.273. The average molecular weight is 521 g/mol. The van der Waals surface area contributed by atoms with Crippen molar-refractivity contribution >= 4 is 44.8 Å². The third-order valence-corrected chi connectivity index (χ3v) is 6.84. The van der Waals surface area contributed by atoms with Gasteiger partial charge in [-0.1, -0.05) is 92.1 Å². The minimum Gasteiger partial charge on any atom is -0.273 e. The van der Waals surface area contributed by atoms with Gasteiger partial charge in [-0.05, 0) is 71.5 Å². The van der Waals surface area contributed by atoms with Gasteiger partial charge in [0.2, 0.25) is 11.8 Å². The van der Waals surface area contributed by atoms with E-state index in [1.54, 1.807) is 0 Å². The number of carbonyl (C=O) groups excluding carboxylic acids is 2. The summed E-state index contributed by atoms with van der Waals surface area (Å²) in [7, 11) is 0. The van der Waals surface area contributed by atoms with E-state index >= 15 is 0 Å². The van der Waals surface area contributed by atoms with Crippen LogP contribution in [0.5, 0.6) is 0 Å². The highest BCUT2D eigenvalue weighted by Gasteiger charge is 2.05. The average Bonchev–Trinajstić information content (AvgIpc) is 2.97. The molecule has 0 aliphatic heterocycles. The number of amides is 2. The predicted octanol–water partition coefficient (Wildman–Crippen LogP) is 7.10. The van der Waals surface area contributed by atoms with Crippen LogP contribution in [0.15, 0.2) is 95.1 Å². The van der Waals surface area contributed by atoms with E-state index in [0.29, 0.717) is 12.8 Å². The second kappa shape index (κ2) is 14.0. The number of hydrazone groups is 2. The Balaban J connectivity index is 1.08. The lowest BCUT2D eigenvalue weighted by Crippen LogP contribution is -2.19. The van der Waals surface area contributed by atoms with Crippen LogP contribution in [-0.2, 0) is 9.59 Å². The zero-order valence-corrected chi connectivity index (χ0v) is 22.7. The van der Waals surface area contributed by atoms with E-state index < -0.39 is 0 Å². The molecule has 0 saturated carbocycles. The van der Waals surface area contributed by atoms with Crippen molar-refractivity contribution in [3.8, 4) is 0 Å². The Hall–Kier alpha value is -4.32. The van der Waals surface area contributed by atoms with E-state index in [1.807, 2.05) is 50.2 Å². The molecular formula is C33H36N4O2. The van der Waals surface area contributed by atoms with Crippen molar-refractivity contribution in [1.29, 1.82) is 0 Å². The molecule has 0 atom stereocenters. The lowest BCUT2D eigenvalue weighted by atomic mass is 10.0. The largest absolute Gasteiger partial charge is 0.273 e. The molecule has 39 heavy (non-hydrogen) atoms. The predicted molar refractivity (Wildman–Crippen MR) is 161 cm³/mol. The van der Waals surface area contributed by atoms with Gasteiger partial charge in [0.25, 0.3) is 0 Å². The van der Waals surface area contributed by atoms with Crippen LogP contribution in [0.25, 0.3) is 21.5 Å². The Morgan fingerprint density at radius 1 is 0.538 bits per heavy atom. The maximum Gasteiger partial charge on any atom is 0.240 e. The van der Waals surface area contributed by atoms with Crippen molar-refractivity contribution in [3.05, 3.63) is 96.1 Å². The number of hydrogen-bond acceptors (Lipinski definition) is 4. The Morgan fingerprint density at radius 3 is 1.36 bits per heavy atom. The van der Waals surface area contributed by atoms with Crippen molar-refractivity contribution in [1.82, 2.24) is 10.9 Å². The minimum absolute atomic E-state index is 0.0749. The number of fused-ring (bicyclic) bond motifs is 2. The molecule has 6 nitrogen and oxygen atoms in total. The molecule has 0 aliphatic carbocycles. The maximum atomic E-state index is 12.2. The summed E-state index contributed by atoms with van der Waals surface area (Å²) >= 11 is 0. The van der Waals surface area contributed by atoms with Crippen LogP contribution in [0, 0.1) is 0 Å². The van der Waals surface area contributed by atoms with E-state index in [0.717, 1.165) is 65.4 Å². The number of nitrogens with zero attached hydrogens (tertiary/aromatic N) is 2. The van der Waals surface area contributed by atoms with Gasteiger partial charge < -0.3 is 0 Å². The van der Waals surface area contributed by atoms with E-state index in [1.165, 1.54) is 10.8 Å². The zero-order valence-electron chi connectivity index (χ0n) is 22.7. The quantitative estimate of drug-likeness (QED) is 0.119. The van der Waals surface area contributed by atoms with Crippen molar-refractivity contribution in [2.45, 2.75) is 58.8 Å². The molecule has 0 aliphatic rings. The molecule has 0 fully saturated rings. The molecular weight excluding hydrogens is 484 g/mol. The van der Waals surface area contributed by atoms with E-state index in [2.05, 4.69) is 69.6 Å². The summed E-state index contributed by atoms with van der Waals surface area (Å²) in [5.74, 6) is -0.150. The van der Waals surface area contributed by atoms with Crippen LogP contribution in [0.3, 0.4) is 0 Å². The van der Waals surface area contributed by atoms with Crippen molar-refractivity contribution in [3.63, 3.8) is 0 Å². The normalized spacial score (nSPS) is 12.1. The second-order valence-corrected chi connectivity index (χ2v) is 9.86. The Bertz CT molecular complexity index is 1390. The van der Waals surface area contributed by atoms with Crippen molar-refractivity contribution in [2.24, 2.45) is 10.2 Å². The van der Waals surface area contributed by atoms with Gasteiger partial charge in [-0.2, -0.15) is 10.2 Å². The molecule has 4 aromatic carbocycles. The SMILES string of the molecule is C/C(=N\NC(=O)CCCCCCCC(=O)N/N=C(\C)c1ccc2ccccc2c1)c1ccc2ccccc2c1. The Kier molecular flexibility index (Phi) is 9.95. The van der Waals surface area contributed by atoms with Crippen LogP contribution < -0.4 is 10.9 Å². The molecule has 0 bridgehead atoms. The highest BCUT2D eigenvalue weighted by molar-refractivity contribution is 6.03. The molecule has 0 spiro atoms. The summed E-state index contributed by atoms with van der Waals surface area (Å²) in [6.07, 6.45) is 5.37. The summed E-state index contributed by atoms with van der Waals surface area (Å²) in [6.45, 7) is 3.80. The van der Waals surface area contributed by atoms with Crippen LogP contribution in [-0.4, -0.2) is 23.2 Å². The Labute approximate surface area is 230 Å². The summed E-state index contributed by atoms with van der Waals surface area (Å²) < 4.78 is 0. The molecule has 0 radical (unpaired) electrons. The summed E-state index contributed by atoms with van der Waals surface area (Å²) in [5, 5.41) is 13.2. The van der Waals surface area contributed by atoms with Gasteiger partial charge in [0.05, 0.1) is 11.4 Å². The lowest BCUT2D eigenvalue weighted by Gasteiger charge is -2.06. The molecule has 2 N–H and O–H groups in total. The summed E-state index contributed by atoms with van der Waals surface area (Å²) in [4.78, 5) is 24.4. The monoisotopic (exact) mass is 520 g/mol. The molecule has 0 saturated heterocycles. The fourth-order valence-corrected chi connectivity index (χ4v) is 4.46. The first-order valence-corrected chi connectivity index (χ1v) is 13.6. The van der Waals surface area contributed by atoms with Crippen molar-refractivity contribution < 1.29 is 9.59 Å². The third-order valence-electron chi connectivity index (χ3n) is 6.84. The smallest absolute Gasteiger partial charge is 0.240 e. The number of carbonyl (C=O) groups is 2. The van der Waals surface area contributed by atoms with Gasteiger partial charge in [0.1, 0.15) is 0 Å². The van der Waals surface area contributed by atoms with Gasteiger partial charge in [0, 0.05) is 12.8 Å². The first-order valence-electron chi connectivity index (χ1n) is 13.6. The number of rotatable bonds is 12. The molecule has 4 rings (SSSR count). The number of unbranched alkanes of at least 4 members (excludes halogenated alkanes) is 4. The van der Waals surface area contributed by atoms with Crippen LogP contribution in [0.2, 0.25) is 0 Å². The fourth-order valence-electron chi connectivity index (χ4n) is 4.46. The van der Waals surface area contributed by atoms with Gasteiger partial charge in [-0.3, -0.25) is 9.59 Å². The standard InChI is InChI=1S/C33H36N4O2/c1-24(28-20-18-26-12-8-10-14-30(26)22-28)34-36-32(38)16-6-4-3-5-7-17-33(39)37-35-25(2)29-21-19-27-13-9-11-15-31(27)23-29/h8-15,18-23H,3-7,16-17H2,1-2H3,(H,36,38)(H,37,39)/b34-24+,35-25+. The molecule has 0 heterocycles. The zero-order chi connectivity index (χ0) is 27.5. The number of nitrogens with one attached hydrogen (secondary N) is 2. The lowest BCUT2D eigenvalue weighted by molar-refractivity contribution is -0.121. The molecule has 200 valence electrons. The Morgan fingerprint density at radius 2 is 0.923 bits per heavy atom. The highest BCUT2D eigenvalue weighted by atomic mass is 16.2. The second-order valence-electron chi connectivity index (χ2n) is 9.86. The molecule has 4 aromatic rings. The minimum atomic E-state index is -0.0749. The van der Waals surface area contributed by atoms with Gasteiger partial charge >= 0.3 is 0 Å². The van der Waals surface area contributed by atoms with E-state index in [4.69, 9.17) is 0 Å². The first-order chi connectivity index (χ1) is 19.0. The number of benzene rings is 4. The van der Waals surface area contributed by atoms with Crippen molar-refractivity contribution in [2.75, 3.05) is 0 Å². The molecule has 0 unspecified atom stereocenters. The van der Waals surface area contributed by atoms with Crippen LogP contribution in [0.1, 0.15) is 69.9 Å². The van der Waals surface area contributed by atoms with E-state index in [-0.39, 0.29) is 11.8 Å².